The van der Waals surface area contributed by atoms with E-state index in [9.17, 15) is 4.79 Å². The van der Waals surface area contributed by atoms with Crippen molar-refractivity contribution < 1.29 is 9.53 Å². The van der Waals surface area contributed by atoms with Crippen molar-refractivity contribution in [2.24, 2.45) is 5.73 Å². The smallest absolute Gasteiger partial charge is 0.358 e. The van der Waals surface area contributed by atoms with Crippen LogP contribution in [0.1, 0.15) is 30.3 Å². The molecule has 0 radical (unpaired) electrons. The van der Waals surface area contributed by atoms with Crippen molar-refractivity contribution in [3.63, 3.8) is 0 Å². The minimum Gasteiger partial charge on any atom is -0.461 e. The monoisotopic (exact) mass is 250 g/mol. The molecule has 1 aliphatic heterocycles. The molecule has 1 aliphatic rings. The van der Waals surface area contributed by atoms with Crippen LogP contribution in [0.15, 0.2) is 12.4 Å². The molecule has 2 heterocycles. The molecular formula is C12H18N4O2. The van der Waals surface area contributed by atoms with Crippen molar-refractivity contribution in [2.75, 3.05) is 24.6 Å². The molecule has 0 amide bonds. The molecule has 1 aromatic rings. The van der Waals surface area contributed by atoms with E-state index in [1.807, 2.05) is 0 Å². The van der Waals surface area contributed by atoms with Crippen LogP contribution in [0.25, 0.3) is 0 Å². The van der Waals surface area contributed by atoms with Crippen molar-refractivity contribution in [3.05, 3.63) is 18.1 Å². The Hall–Kier alpha value is -1.69. The molecule has 6 nitrogen and oxygen atoms in total. The predicted octanol–water partition coefficient (Wildman–Crippen LogP) is 0.581. The lowest BCUT2D eigenvalue weighted by Crippen LogP contribution is -2.36. The number of hydrogen-bond acceptors (Lipinski definition) is 6. The molecule has 1 aromatic heterocycles. The zero-order chi connectivity index (χ0) is 13.0. The number of anilines is 1. The van der Waals surface area contributed by atoms with Crippen LogP contribution in [0.2, 0.25) is 0 Å². The highest BCUT2D eigenvalue weighted by atomic mass is 16.5. The van der Waals surface area contributed by atoms with Gasteiger partial charge in [0.15, 0.2) is 5.69 Å². The summed E-state index contributed by atoms with van der Waals surface area (Å²) in [5, 5.41) is 0. The number of nitrogens with two attached hydrogens (primary N) is 1. The summed E-state index contributed by atoms with van der Waals surface area (Å²) in [6.45, 7) is 3.65. The molecule has 1 fully saturated rings. The van der Waals surface area contributed by atoms with Gasteiger partial charge in [0.05, 0.1) is 19.0 Å². The first-order valence-corrected chi connectivity index (χ1v) is 6.22. The van der Waals surface area contributed by atoms with Gasteiger partial charge in [-0.25, -0.2) is 14.8 Å². The van der Waals surface area contributed by atoms with E-state index in [4.69, 9.17) is 10.5 Å². The normalized spacial score (nSPS) is 19.0. The number of ether oxygens (including phenoxy) is 1. The van der Waals surface area contributed by atoms with Crippen molar-refractivity contribution in [3.8, 4) is 0 Å². The molecule has 0 saturated carbocycles. The summed E-state index contributed by atoms with van der Waals surface area (Å²) in [5.74, 6) is 0.337. The zero-order valence-corrected chi connectivity index (χ0v) is 10.5. The number of carbonyl (C=O) groups is 1. The van der Waals surface area contributed by atoms with Gasteiger partial charge in [0, 0.05) is 19.1 Å². The maximum absolute atomic E-state index is 11.4. The Morgan fingerprint density at radius 2 is 2.39 bits per heavy atom. The van der Waals surface area contributed by atoms with E-state index in [2.05, 4.69) is 14.9 Å². The average Bonchev–Trinajstić information content (AvgIpc) is 2.87. The fourth-order valence-electron chi connectivity index (χ4n) is 2.16. The lowest BCUT2D eigenvalue weighted by atomic mass is 10.2. The van der Waals surface area contributed by atoms with E-state index >= 15 is 0 Å². The fourth-order valence-corrected chi connectivity index (χ4v) is 2.16. The van der Waals surface area contributed by atoms with Gasteiger partial charge in [0.25, 0.3) is 0 Å². The molecular weight excluding hydrogens is 232 g/mol. The van der Waals surface area contributed by atoms with Crippen LogP contribution in [0.3, 0.4) is 0 Å². The third-order valence-electron chi connectivity index (χ3n) is 3.07. The molecule has 1 unspecified atom stereocenters. The molecule has 0 bridgehead atoms. The van der Waals surface area contributed by atoms with E-state index in [1.54, 1.807) is 13.1 Å². The summed E-state index contributed by atoms with van der Waals surface area (Å²) in [6.07, 6.45) is 5.26. The fraction of sp³-hybridized carbons (Fsp3) is 0.583. The van der Waals surface area contributed by atoms with E-state index in [0.717, 1.165) is 25.2 Å². The molecule has 2 N–H and O–H groups in total. The number of esters is 1. The maximum atomic E-state index is 11.4. The number of hydrogen-bond donors (Lipinski definition) is 1. The number of carbonyl (C=O) groups excluding carboxylic acids is 1. The Kier molecular flexibility index (Phi) is 4.09. The van der Waals surface area contributed by atoms with E-state index in [0.29, 0.717) is 19.2 Å². The molecule has 0 aliphatic carbocycles. The number of rotatable bonds is 4. The largest absolute Gasteiger partial charge is 0.461 e. The SMILES string of the molecule is CCOC(=O)c1cnc(N2CCCC2CN)cn1. The van der Waals surface area contributed by atoms with Crippen LogP contribution in [0, 0.1) is 0 Å². The summed E-state index contributed by atoms with van der Waals surface area (Å²) in [4.78, 5) is 21.9. The van der Waals surface area contributed by atoms with E-state index in [-0.39, 0.29) is 5.69 Å². The zero-order valence-electron chi connectivity index (χ0n) is 10.5. The van der Waals surface area contributed by atoms with Crippen molar-refractivity contribution in [2.45, 2.75) is 25.8 Å². The lowest BCUT2D eigenvalue weighted by Gasteiger charge is -2.23. The maximum Gasteiger partial charge on any atom is 0.358 e. The van der Waals surface area contributed by atoms with Gasteiger partial charge in [-0.2, -0.15) is 0 Å². The molecule has 0 aromatic carbocycles. The van der Waals surface area contributed by atoms with Gasteiger partial charge >= 0.3 is 5.97 Å². The lowest BCUT2D eigenvalue weighted by molar-refractivity contribution is 0.0519. The van der Waals surface area contributed by atoms with Crippen LogP contribution in [-0.2, 0) is 4.74 Å². The topological polar surface area (TPSA) is 81.3 Å². The van der Waals surface area contributed by atoms with Crippen LogP contribution in [0.5, 0.6) is 0 Å². The van der Waals surface area contributed by atoms with Gasteiger partial charge in [-0.3, -0.25) is 0 Å². The van der Waals surface area contributed by atoms with Gasteiger partial charge in [0.1, 0.15) is 5.82 Å². The molecule has 1 saturated heterocycles. The summed E-state index contributed by atoms with van der Waals surface area (Å²) < 4.78 is 4.86. The highest BCUT2D eigenvalue weighted by Gasteiger charge is 2.24. The van der Waals surface area contributed by atoms with Crippen molar-refractivity contribution >= 4 is 11.8 Å². The van der Waals surface area contributed by atoms with Crippen LogP contribution in [-0.4, -0.2) is 41.7 Å². The van der Waals surface area contributed by atoms with Crippen LogP contribution in [0.4, 0.5) is 5.82 Å². The second-order valence-electron chi connectivity index (χ2n) is 4.21. The minimum atomic E-state index is -0.437. The Balaban J connectivity index is 2.10. The molecule has 6 heteroatoms. The van der Waals surface area contributed by atoms with Gasteiger partial charge in [-0.05, 0) is 19.8 Å². The number of nitrogens with zero attached hydrogens (tertiary/aromatic N) is 3. The Labute approximate surface area is 106 Å². The molecule has 0 spiro atoms. The van der Waals surface area contributed by atoms with Gasteiger partial charge in [-0.15, -0.1) is 0 Å². The van der Waals surface area contributed by atoms with Gasteiger partial charge < -0.3 is 15.4 Å². The Morgan fingerprint density at radius 1 is 1.56 bits per heavy atom. The third-order valence-corrected chi connectivity index (χ3v) is 3.07. The molecule has 98 valence electrons. The van der Waals surface area contributed by atoms with Gasteiger partial charge in [-0.1, -0.05) is 0 Å². The Bertz CT molecular complexity index is 407. The standard InChI is InChI=1S/C12H18N4O2/c1-2-18-12(17)10-7-15-11(8-14-10)16-5-3-4-9(16)6-13/h7-9H,2-6,13H2,1H3. The second-order valence-corrected chi connectivity index (χ2v) is 4.21. The number of aromatic nitrogens is 2. The van der Waals surface area contributed by atoms with E-state index < -0.39 is 5.97 Å². The first-order valence-electron chi connectivity index (χ1n) is 6.22. The highest BCUT2D eigenvalue weighted by Crippen LogP contribution is 2.22. The van der Waals surface area contributed by atoms with Crippen LogP contribution < -0.4 is 10.6 Å². The minimum absolute atomic E-state index is 0.240. The Morgan fingerprint density at radius 3 is 3.00 bits per heavy atom. The highest BCUT2D eigenvalue weighted by molar-refractivity contribution is 5.86. The molecule has 18 heavy (non-hydrogen) atoms. The summed E-state index contributed by atoms with van der Waals surface area (Å²) in [7, 11) is 0. The van der Waals surface area contributed by atoms with Crippen molar-refractivity contribution in [1.82, 2.24) is 9.97 Å². The van der Waals surface area contributed by atoms with E-state index in [1.165, 1.54) is 6.20 Å². The first kappa shape index (κ1) is 12.8. The molecule has 2 rings (SSSR count). The average molecular weight is 250 g/mol. The summed E-state index contributed by atoms with van der Waals surface area (Å²) >= 11 is 0. The third kappa shape index (κ3) is 2.59. The molecule has 1 atom stereocenters. The first-order chi connectivity index (χ1) is 8.76. The second kappa shape index (κ2) is 5.77. The van der Waals surface area contributed by atoms with Crippen LogP contribution >= 0.6 is 0 Å². The van der Waals surface area contributed by atoms with Crippen molar-refractivity contribution in [1.29, 1.82) is 0 Å². The summed E-state index contributed by atoms with van der Waals surface area (Å²) in [6, 6.07) is 0.327. The van der Waals surface area contributed by atoms with Gasteiger partial charge in [0.2, 0.25) is 0 Å². The predicted molar refractivity (Wildman–Crippen MR) is 67.4 cm³/mol. The summed E-state index contributed by atoms with van der Waals surface area (Å²) in [5.41, 5.74) is 5.96. The quantitative estimate of drug-likeness (QED) is 0.787.